The van der Waals surface area contributed by atoms with Gasteiger partial charge in [0.1, 0.15) is 11.5 Å². The van der Waals surface area contributed by atoms with E-state index in [-0.39, 0.29) is 41.0 Å². The van der Waals surface area contributed by atoms with E-state index in [1.54, 1.807) is 59.0 Å². The molecule has 8 aromatic rings. The smallest absolute Gasteiger partial charge is 0.360 e. The number of nitrogens with zero attached hydrogens (tertiary/aromatic N) is 12. The third-order valence-corrected chi connectivity index (χ3v) is 11.9. The van der Waals surface area contributed by atoms with Gasteiger partial charge in [-0.1, -0.05) is 35.9 Å². The quantitative estimate of drug-likeness (QED) is 0.0782. The number of fused-ring (bicyclic) bond motifs is 2. The molecule has 74 heavy (non-hydrogen) atoms. The molecule has 2 aromatic carbocycles. The fourth-order valence-corrected chi connectivity index (χ4v) is 7.78. The summed E-state index contributed by atoms with van der Waals surface area (Å²) < 4.78 is 20.7. The lowest BCUT2D eigenvalue weighted by atomic mass is 10.2. The average Bonchev–Trinajstić information content (AvgIpc) is 4.20. The molecule has 2 fully saturated rings. The summed E-state index contributed by atoms with van der Waals surface area (Å²) in [5, 5.41) is 35.4. The molecule has 2 amide bonds. The summed E-state index contributed by atoms with van der Waals surface area (Å²) in [5.74, 6) is -0.186. The van der Waals surface area contributed by atoms with Crippen molar-refractivity contribution in [3.05, 3.63) is 125 Å². The van der Waals surface area contributed by atoms with Crippen molar-refractivity contribution < 1.29 is 38.5 Å². The van der Waals surface area contributed by atoms with Gasteiger partial charge in [-0.2, -0.15) is 15.3 Å². The van der Waals surface area contributed by atoms with Crippen LogP contribution >= 0.6 is 11.6 Å². The summed E-state index contributed by atoms with van der Waals surface area (Å²) in [6.07, 6.45) is 10.1. The molecular weight excluding hydrogens is 976 g/mol. The molecule has 10 rings (SSSR count). The van der Waals surface area contributed by atoms with Crippen molar-refractivity contribution in [3.8, 4) is 11.5 Å². The lowest BCUT2D eigenvalue weighted by molar-refractivity contribution is 0.0593. The van der Waals surface area contributed by atoms with Gasteiger partial charge in [0.25, 0.3) is 11.8 Å². The number of nitrogen functional groups attached to an aromatic ring is 1. The third kappa shape index (κ3) is 12.2. The van der Waals surface area contributed by atoms with Gasteiger partial charge in [0.05, 0.1) is 56.5 Å². The van der Waals surface area contributed by atoms with Crippen LogP contribution in [0.3, 0.4) is 0 Å². The number of carboxylic acid groups (broad SMARTS) is 1. The van der Waals surface area contributed by atoms with E-state index in [4.69, 9.17) is 26.8 Å². The number of ether oxygens (including phenoxy) is 3. The summed E-state index contributed by atoms with van der Waals surface area (Å²) in [6, 6.07) is 19.6. The molecule has 2 aliphatic rings. The minimum absolute atomic E-state index is 0.134. The number of carboxylic acids is 1. The van der Waals surface area contributed by atoms with E-state index < -0.39 is 11.9 Å². The number of hydrogen-bond acceptors (Lipinski definition) is 17. The minimum atomic E-state index is -1.16. The number of rotatable bonds is 16. The van der Waals surface area contributed by atoms with Gasteiger partial charge in [0.2, 0.25) is 0 Å². The zero-order valence-corrected chi connectivity index (χ0v) is 42.4. The first-order chi connectivity index (χ1) is 35.5. The predicted octanol–water partition coefficient (Wildman–Crippen LogP) is 5.15. The highest BCUT2D eigenvalue weighted by atomic mass is 35.5. The number of halogens is 1. The Bertz CT molecular complexity index is 3320. The molecule has 25 heteroatoms. The van der Waals surface area contributed by atoms with Gasteiger partial charge in [-0.3, -0.25) is 19.0 Å². The van der Waals surface area contributed by atoms with Gasteiger partial charge in [-0.15, -0.1) is 5.10 Å². The third-order valence-electron chi connectivity index (χ3n) is 11.7. The van der Waals surface area contributed by atoms with Gasteiger partial charge in [-0.25, -0.2) is 28.6 Å². The van der Waals surface area contributed by atoms with Crippen LogP contribution in [0.2, 0.25) is 5.15 Å². The molecule has 6 aromatic heterocycles. The van der Waals surface area contributed by atoms with Crippen LogP contribution < -0.4 is 41.0 Å². The summed E-state index contributed by atoms with van der Waals surface area (Å²) in [6.45, 7) is 1.20. The van der Waals surface area contributed by atoms with E-state index in [0.29, 0.717) is 58.1 Å². The van der Waals surface area contributed by atoms with E-state index >= 15 is 0 Å². The normalized spacial score (nSPS) is 12.7. The van der Waals surface area contributed by atoms with Crippen molar-refractivity contribution in [2.75, 3.05) is 56.3 Å². The molecule has 0 unspecified atom stereocenters. The van der Waals surface area contributed by atoms with Crippen molar-refractivity contribution in [1.29, 1.82) is 0 Å². The zero-order valence-electron chi connectivity index (χ0n) is 41.6. The lowest BCUT2D eigenvalue weighted by Crippen LogP contribution is -2.27. The SMILES string of the molecule is COC(=O)c1nn(C)cc1N.COc1ccc(CN(C)c2cc(Cl)nn3c(C(=O)NC4CC4)cnc23)cc1.COc1ccc(CN(C)c2cc(Nc3cn(C)nc3C(=O)O)nn3c(C(=O)NC4CC4)cnc23)cc1. The predicted molar refractivity (Wildman–Crippen MR) is 275 cm³/mol. The highest BCUT2D eigenvalue weighted by Gasteiger charge is 2.28. The molecule has 24 nitrogen and oxygen atoms in total. The lowest BCUT2D eigenvalue weighted by Gasteiger charge is -2.21. The Morgan fingerprint density at radius 3 is 1.62 bits per heavy atom. The number of aromatic nitrogens is 10. The van der Waals surface area contributed by atoms with Crippen molar-refractivity contribution in [1.82, 2.24) is 59.4 Å². The number of amides is 2. The van der Waals surface area contributed by atoms with E-state index in [1.807, 2.05) is 72.4 Å². The Labute approximate surface area is 429 Å². The standard InChI is InChI=1S/C24H26N8O4.C19H20ClN5O2.C6H9N3O2/c1-30(12-14-4-8-16(36-3)9-5-14)18-10-20(27-17-13-31(2)29-21(17)24(34)35)28-32-19(11-25-22(18)32)23(33)26-15-6-7-15;1-24(11-12-3-7-14(27-2)8-4-12)15-9-17(20)23-25-16(10-21-18(15)25)19(26)22-13-5-6-13;1-9-3-4(7)5(8-9)6(10)11-2/h4-5,8-11,13,15H,6-7,12H2,1-3H3,(H,26,33)(H,27,28)(H,34,35);3-4,7-10,13H,5-6,11H2,1-2H3,(H,22,26);3H,7H2,1-2H3. The number of esters is 1. The number of carbonyl (C=O) groups is 4. The number of methoxy groups -OCH3 is 3. The first kappa shape index (κ1) is 51.4. The van der Waals surface area contributed by atoms with Crippen molar-refractivity contribution >= 4 is 75.2 Å². The summed E-state index contributed by atoms with van der Waals surface area (Å²) in [4.78, 5) is 60.8. The molecule has 2 aliphatic carbocycles. The molecule has 386 valence electrons. The number of nitrogens with one attached hydrogen (secondary N) is 3. The molecule has 0 saturated heterocycles. The number of hydrogen-bond donors (Lipinski definition) is 5. The molecule has 6 heterocycles. The van der Waals surface area contributed by atoms with Crippen LogP contribution in [0.4, 0.5) is 28.6 Å². The number of aryl methyl sites for hydroxylation is 2. The van der Waals surface area contributed by atoms with Crippen LogP contribution in [0.15, 0.2) is 85.5 Å². The Morgan fingerprint density at radius 1 is 0.703 bits per heavy atom. The van der Waals surface area contributed by atoms with Gasteiger partial charge in [0.15, 0.2) is 45.0 Å². The second kappa shape index (κ2) is 22.2. The molecule has 2 saturated carbocycles. The molecule has 0 aliphatic heterocycles. The first-order valence-corrected chi connectivity index (χ1v) is 23.5. The van der Waals surface area contributed by atoms with E-state index in [9.17, 15) is 24.3 Å². The molecule has 0 bridgehead atoms. The number of anilines is 5. The second-order valence-electron chi connectivity index (χ2n) is 17.5. The highest BCUT2D eigenvalue weighted by Crippen LogP contribution is 2.30. The van der Waals surface area contributed by atoms with Crippen LogP contribution in [0.1, 0.15) is 78.8 Å². The fourth-order valence-electron chi connectivity index (χ4n) is 7.60. The van der Waals surface area contributed by atoms with Gasteiger partial charge in [-0.05, 0) is 61.1 Å². The first-order valence-electron chi connectivity index (χ1n) is 23.2. The van der Waals surface area contributed by atoms with Gasteiger partial charge in [0, 0.05) is 77.9 Å². The molecule has 6 N–H and O–H groups in total. The largest absolute Gasteiger partial charge is 0.497 e. The monoisotopic (exact) mass is 1030 g/mol. The van der Waals surface area contributed by atoms with Gasteiger partial charge < -0.3 is 50.8 Å². The van der Waals surface area contributed by atoms with Crippen molar-refractivity contribution in [2.45, 2.75) is 50.9 Å². The van der Waals surface area contributed by atoms with Crippen molar-refractivity contribution in [3.63, 3.8) is 0 Å². The molecular formula is C49H55ClN16O8. The molecule has 0 atom stereocenters. The summed E-state index contributed by atoms with van der Waals surface area (Å²) in [5.41, 5.74) is 11.5. The number of benzene rings is 2. The number of aromatic carboxylic acids is 1. The Balaban J connectivity index is 0.000000168. The Morgan fingerprint density at radius 2 is 1.18 bits per heavy atom. The van der Waals surface area contributed by atoms with Crippen LogP contribution in [-0.2, 0) is 31.9 Å². The maximum Gasteiger partial charge on any atom is 0.360 e. The average molecular weight is 1030 g/mol. The second-order valence-corrected chi connectivity index (χ2v) is 17.9. The van der Waals surface area contributed by atoms with E-state index in [2.05, 4.69) is 51.0 Å². The maximum absolute atomic E-state index is 12.9. The van der Waals surface area contributed by atoms with Gasteiger partial charge >= 0.3 is 11.9 Å². The van der Waals surface area contributed by atoms with Crippen LogP contribution in [-0.4, -0.2) is 125 Å². The number of carbonyl (C=O) groups excluding carboxylic acids is 3. The fraction of sp³-hybridized carbons (Fsp3) is 0.306. The molecule has 0 spiro atoms. The molecule has 0 radical (unpaired) electrons. The van der Waals surface area contributed by atoms with Crippen LogP contribution in [0, 0.1) is 0 Å². The van der Waals surface area contributed by atoms with Crippen LogP contribution in [0.25, 0.3) is 11.3 Å². The van der Waals surface area contributed by atoms with E-state index in [1.165, 1.54) is 31.7 Å². The minimum Gasteiger partial charge on any atom is -0.497 e. The summed E-state index contributed by atoms with van der Waals surface area (Å²) >= 11 is 6.23. The topological polar surface area (TPSA) is 281 Å². The highest BCUT2D eigenvalue weighted by molar-refractivity contribution is 6.29. The zero-order chi connectivity index (χ0) is 52.8. The maximum atomic E-state index is 12.9. The van der Waals surface area contributed by atoms with E-state index in [0.717, 1.165) is 54.0 Å². The number of imidazole rings is 2. The summed E-state index contributed by atoms with van der Waals surface area (Å²) in [7, 11) is 11.7. The van der Waals surface area contributed by atoms with Crippen molar-refractivity contribution in [2.24, 2.45) is 14.1 Å². The Kier molecular flexibility index (Phi) is 15.4. The Hall–Kier alpha value is -8.93. The van der Waals surface area contributed by atoms with Crippen LogP contribution in [0.5, 0.6) is 11.5 Å². The number of nitrogens with two attached hydrogens (primary N) is 1.